The lowest BCUT2D eigenvalue weighted by atomic mass is 9.79. The largest absolute Gasteiger partial charge is 0.490 e. The highest BCUT2D eigenvalue weighted by Gasteiger charge is 2.40. The van der Waals surface area contributed by atoms with E-state index in [0.717, 1.165) is 27.2 Å². The van der Waals surface area contributed by atoms with Crippen LogP contribution in [0.1, 0.15) is 24.3 Å². The van der Waals surface area contributed by atoms with E-state index in [1.54, 1.807) is 11.3 Å². The van der Waals surface area contributed by atoms with E-state index in [-0.39, 0.29) is 0 Å². The van der Waals surface area contributed by atoms with Crippen molar-refractivity contribution in [1.82, 2.24) is 15.1 Å². The minimum absolute atomic E-state index is 0.369. The number of ether oxygens (including phenoxy) is 1. The van der Waals surface area contributed by atoms with Crippen LogP contribution in [0.4, 0.5) is 0 Å². The molecule has 3 unspecified atom stereocenters. The van der Waals surface area contributed by atoms with Gasteiger partial charge in [-0.2, -0.15) is 0 Å². The third-order valence-electron chi connectivity index (χ3n) is 5.13. The first-order valence-electron chi connectivity index (χ1n) is 8.45. The fourth-order valence-corrected chi connectivity index (χ4v) is 4.75. The van der Waals surface area contributed by atoms with E-state index in [2.05, 4.69) is 46.4 Å². The molecule has 0 amide bonds. The van der Waals surface area contributed by atoms with Crippen LogP contribution in [0.2, 0.25) is 0 Å². The number of hydrogen-bond donors (Lipinski definition) is 0. The zero-order valence-electron chi connectivity index (χ0n) is 13.7. The summed E-state index contributed by atoms with van der Waals surface area (Å²) in [5.41, 5.74) is 1.12. The van der Waals surface area contributed by atoms with Gasteiger partial charge in [0.25, 0.3) is 0 Å². The van der Waals surface area contributed by atoms with Crippen LogP contribution in [0.25, 0.3) is 10.6 Å². The van der Waals surface area contributed by atoms with E-state index < -0.39 is 0 Å². The first-order valence-corrected chi connectivity index (χ1v) is 9.26. The quantitative estimate of drug-likeness (QED) is 0.862. The van der Waals surface area contributed by atoms with Crippen molar-refractivity contribution in [1.29, 1.82) is 0 Å². The molecule has 0 spiro atoms. The van der Waals surface area contributed by atoms with Gasteiger partial charge in [-0.25, -0.2) is 0 Å². The topological polar surface area (TPSA) is 38.3 Å². The minimum atomic E-state index is 0.369. The van der Waals surface area contributed by atoms with Crippen molar-refractivity contribution in [2.75, 3.05) is 20.1 Å². The van der Waals surface area contributed by atoms with Crippen molar-refractivity contribution in [3.05, 3.63) is 29.3 Å². The van der Waals surface area contributed by atoms with E-state index in [9.17, 15) is 0 Å². The molecule has 0 N–H and O–H groups in total. The Balaban J connectivity index is 1.46. The molecular weight excluding hydrogens is 306 g/mol. The van der Waals surface area contributed by atoms with Crippen molar-refractivity contribution in [3.63, 3.8) is 0 Å². The van der Waals surface area contributed by atoms with Gasteiger partial charge in [0, 0.05) is 24.6 Å². The Hall–Kier alpha value is -1.46. The third-order valence-corrected chi connectivity index (χ3v) is 6.02. The summed E-state index contributed by atoms with van der Waals surface area (Å²) in [6, 6.07) is 8.34. The number of aryl methyl sites for hydroxylation is 1. The average molecular weight is 329 g/mol. The van der Waals surface area contributed by atoms with E-state index in [4.69, 9.17) is 4.74 Å². The fraction of sp³-hybridized carbons (Fsp3) is 0.556. The average Bonchev–Trinajstić information content (AvgIpc) is 3.14. The van der Waals surface area contributed by atoms with Crippen molar-refractivity contribution in [2.45, 2.75) is 32.3 Å². The number of hydrogen-bond acceptors (Lipinski definition) is 5. The van der Waals surface area contributed by atoms with Crippen LogP contribution in [-0.4, -0.2) is 41.3 Å². The molecule has 1 aliphatic heterocycles. The van der Waals surface area contributed by atoms with Gasteiger partial charge < -0.3 is 9.64 Å². The van der Waals surface area contributed by atoms with Crippen molar-refractivity contribution in [2.24, 2.45) is 11.8 Å². The molecule has 2 fully saturated rings. The molecule has 1 saturated heterocycles. The first-order chi connectivity index (χ1) is 11.2. The third kappa shape index (κ3) is 3.12. The maximum atomic E-state index is 6.35. The summed E-state index contributed by atoms with van der Waals surface area (Å²) >= 11 is 1.63. The standard InChI is InChI=1S/C18H23N3OS/c1-12-19-20-18(23-12)13-6-8-15(9-7-13)22-17-5-3-4-14-10-21(2)11-16(14)17/h6-9,14,16-17H,3-5,10-11H2,1-2H3. The first kappa shape index (κ1) is 15.1. The SMILES string of the molecule is Cc1nnc(-c2ccc(OC3CCCC4CN(C)CC43)cc2)s1. The van der Waals surface area contributed by atoms with Crippen LogP contribution in [0, 0.1) is 18.8 Å². The normalized spacial score (nSPS) is 27.8. The summed E-state index contributed by atoms with van der Waals surface area (Å²) in [6.45, 7) is 4.40. The Bertz CT molecular complexity index is 669. The Morgan fingerprint density at radius 3 is 2.70 bits per heavy atom. The molecule has 1 saturated carbocycles. The van der Waals surface area contributed by atoms with Crippen LogP contribution in [-0.2, 0) is 0 Å². The van der Waals surface area contributed by atoms with E-state index >= 15 is 0 Å². The molecular formula is C18H23N3OS. The lowest BCUT2D eigenvalue weighted by Gasteiger charge is -2.33. The summed E-state index contributed by atoms with van der Waals surface area (Å²) in [6.07, 6.45) is 4.21. The van der Waals surface area contributed by atoms with Crippen molar-refractivity contribution in [3.8, 4) is 16.3 Å². The van der Waals surface area contributed by atoms with Gasteiger partial charge in [0.05, 0.1) is 0 Å². The monoisotopic (exact) mass is 329 g/mol. The predicted molar refractivity (Wildman–Crippen MR) is 92.8 cm³/mol. The van der Waals surface area contributed by atoms with Gasteiger partial charge in [-0.05, 0) is 63.4 Å². The molecule has 3 atom stereocenters. The van der Waals surface area contributed by atoms with Gasteiger partial charge in [0.2, 0.25) is 0 Å². The molecule has 1 aliphatic carbocycles. The van der Waals surface area contributed by atoms with E-state index in [1.807, 2.05) is 6.92 Å². The number of fused-ring (bicyclic) bond motifs is 1. The molecule has 5 heteroatoms. The molecule has 2 aromatic rings. The number of likely N-dealkylation sites (tertiary alicyclic amines) is 1. The van der Waals surface area contributed by atoms with E-state index in [1.165, 1.54) is 32.4 Å². The van der Waals surface area contributed by atoms with E-state index in [0.29, 0.717) is 12.0 Å². The molecule has 2 heterocycles. The summed E-state index contributed by atoms with van der Waals surface area (Å²) in [5.74, 6) is 2.50. The van der Waals surface area contributed by atoms with Crippen LogP contribution < -0.4 is 4.74 Å². The van der Waals surface area contributed by atoms with Crippen molar-refractivity contribution < 1.29 is 4.74 Å². The summed E-state index contributed by atoms with van der Waals surface area (Å²) in [5, 5.41) is 10.3. The molecule has 1 aromatic heterocycles. The summed E-state index contributed by atoms with van der Waals surface area (Å²) < 4.78 is 6.35. The molecule has 4 rings (SSSR count). The molecule has 1 aromatic carbocycles. The second kappa shape index (κ2) is 6.21. The Morgan fingerprint density at radius 1 is 1.13 bits per heavy atom. The van der Waals surface area contributed by atoms with Crippen LogP contribution in [0.15, 0.2) is 24.3 Å². The van der Waals surface area contributed by atoms with Gasteiger partial charge in [0.1, 0.15) is 21.9 Å². The highest BCUT2D eigenvalue weighted by molar-refractivity contribution is 7.14. The molecule has 0 bridgehead atoms. The maximum absolute atomic E-state index is 6.35. The number of aromatic nitrogens is 2. The molecule has 23 heavy (non-hydrogen) atoms. The predicted octanol–water partition coefficient (Wildman–Crippen LogP) is 3.62. The zero-order chi connectivity index (χ0) is 15.8. The minimum Gasteiger partial charge on any atom is -0.490 e. The Morgan fingerprint density at radius 2 is 1.96 bits per heavy atom. The van der Waals surface area contributed by atoms with Gasteiger partial charge in [-0.3, -0.25) is 0 Å². The Labute approximate surface area is 141 Å². The van der Waals surface area contributed by atoms with Crippen molar-refractivity contribution >= 4 is 11.3 Å². The molecule has 122 valence electrons. The smallest absolute Gasteiger partial charge is 0.147 e. The highest BCUT2D eigenvalue weighted by Crippen LogP contribution is 2.38. The second-order valence-electron chi connectivity index (χ2n) is 6.88. The highest BCUT2D eigenvalue weighted by atomic mass is 32.1. The van der Waals surface area contributed by atoms with Crippen LogP contribution >= 0.6 is 11.3 Å². The molecule has 0 radical (unpaired) electrons. The number of nitrogens with zero attached hydrogens (tertiary/aromatic N) is 3. The van der Waals surface area contributed by atoms with Gasteiger partial charge >= 0.3 is 0 Å². The Kier molecular flexibility index (Phi) is 4.07. The zero-order valence-corrected chi connectivity index (χ0v) is 14.6. The molecule has 2 aliphatic rings. The summed E-state index contributed by atoms with van der Waals surface area (Å²) in [7, 11) is 2.23. The number of benzene rings is 1. The second-order valence-corrected chi connectivity index (χ2v) is 8.06. The van der Waals surface area contributed by atoms with Gasteiger partial charge in [0.15, 0.2) is 0 Å². The number of rotatable bonds is 3. The van der Waals surface area contributed by atoms with Gasteiger partial charge in [-0.15, -0.1) is 10.2 Å². The molecule has 4 nitrogen and oxygen atoms in total. The van der Waals surface area contributed by atoms with Crippen LogP contribution in [0.5, 0.6) is 5.75 Å². The lowest BCUT2D eigenvalue weighted by molar-refractivity contribution is 0.0764. The fourth-order valence-electron chi connectivity index (χ4n) is 4.05. The van der Waals surface area contributed by atoms with Crippen LogP contribution in [0.3, 0.4) is 0 Å². The summed E-state index contributed by atoms with van der Waals surface area (Å²) in [4.78, 5) is 2.46. The maximum Gasteiger partial charge on any atom is 0.147 e. The lowest BCUT2D eigenvalue weighted by Crippen LogP contribution is -2.36. The van der Waals surface area contributed by atoms with Gasteiger partial charge in [-0.1, -0.05) is 11.3 Å².